The number of hydrogen-bond acceptors (Lipinski definition) is 4. The molecule has 1 amide bonds. The third-order valence-corrected chi connectivity index (χ3v) is 5.58. The summed E-state index contributed by atoms with van der Waals surface area (Å²) in [6, 6.07) is 0. The van der Waals surface area contributed by atoms with Crippen LogP contribution in [0.5, 0.6) is 0 Å². The molecule has 0 saturated carbocycles. The minimum absolute atomic E-state index is 0.0515. The molecule has 0 unspecified atom stereocenters. The van der Waals surface area contributed by atoms with E-state index >= 15 is 0 Å². The number of piperidine rings is 1. The van der Waals surface area contributed by atoms with Gasteiger partial charge in [-0.3, -0.25) is 9.48 Å². The third-order valence-electron chi connectivity index (χ3n) is 5.58. The lowest BCUT2D eigenvalue weighted by Crippen LogP contribution is -2.41. The van der Waals surface area contributed by atoms with Gasteiger partial charge in [-0.15, -0.1) is 0 Å². The molecule has 146 valence electrons. The van der Waals surface area contributed by atoms with Gasteiger partial charge in [-0.2, -0.15) is 5.10 Å². The molecule has 1 aromatic rings. The summed E-state index contributed by atoms with van der Waals surface area (Å²) >= 11 is 0. The number of likely N-dealkylation sites (tertiary alicyclic amines) is 1. The van der Waals surface area contributed by atoms with Crippen molar-refractivity contribution in [1.29, 1.82) is 0 Å². The van der Waals surface area contributed by atoms with Crippen LogP contribution in [0.25, 0.3) is 0 Å². The number of hydrogen-bond donors (Lipinski definition) is 0. The zero-order chi connectivity index (χ0) is 18.7. The first-order chi connectivity index (χ1) is 12.5. The Morgan fingerprint density at radius 3 is 2.46 bits per heavy atom. The lowest BCUT2D eigenvalue weighted by Gasteiger charge is -2.34. The van der Waals surface area contributed by atoms with E-state index < -0.39 is 0 Å². The van der Waals surface area contributed by atoms with Gasteiger partial charge in [0.15, 0.2) is 6.29 Å². The van der Waals surface area contributed by atoms with Crippen LogP contribution in [0.2, 0.25) is 0 Å². The molecule has 6 heteroatoms. The molecule has 0 N–H and O–H groups in total. The summed E-state index contributed by atoms with van der Waals surface area (Å²) in [4.78, 5) is 14.7. The fourth-order valence-corrected chi connectivity index (χ4v) is 4.08. The van der Waals surface area contributed by atoms with Crippen molar-refractivity contribution < 1.29 is 14.3 Å². The Kier molecular flexibility index (Phi) is 6.35. The fourth-order valence-electron chi connectivity index (χ4n) is 4.08. The van der Waals surface area contributed by atoms with Crippen LogP contribution in [-0.4, -0.2) is 53.2 Å². The zero-order valence-corrected chi connectivity index (χ0v) is 16.7. The molecule has 0 aliphatic carbocycles. The second kappa shape index (κ2) is 8.53. The molecule has 3 rings (SSSR count). The molecule has 6 nitrogen and oxygen atoms in total. The molecule has 26 heavy (non-hydrogen) atoms. The molecule has 2 saturated heterocycles. The van der Waals surface area contributed by atoms with Crippen LogP contribution in [0.1, 0.15) is 50.1 Å². The normalized spacial score (nSPS) is 19.7. The second-order valence-electron chi connectivity index (χ2n) is 8.05. The zero-order valence-electron chi connectivity index (χ0n) is 16.7. The van der Waals surface area contributed by atoms with Crippen LogP contribution in [0, 0.1) is 25.7 Å². The molecule has 3 heterocycles. The molecule has 2 aliphatic rings. The van der Waals surface area contributed by atoms with Crippen LogP contribution in [0.3, 0.4) is 0 Å². The highest BCUT2D eigenvalue weighted by Gasteiger charge is 2.31. The first-order valence-corrected chi connectivity index (χ1v) is 9.99. The monoisotopic (exact) mass is 363 g/mol. The number of carbonyl (C=O) groups is 1. The molecule has 0 atom stereocenters. The Hall–Kier alpha value is -1.40. The Morgan fingerprint density at radius 2 is 1.85 bits per heavy atom. The maximum absolute atomic E-state index is 12.6. The molecular formula is C20H33N3O3. The Balaban J connectivity index is 1.49. The lowest BCUT2D eigenvalue weighted by atomic mass is 9.95. The van der Waals surface area contributed by atoms with E-state index in [4.69, 9.17) is 9.47 Å². The molecule has 2 aliphatic heterocycles. The highest BCUT2D eigenvalue weighted by Crippen LogP contribution is 2.26. The lowest BCUT2D eigenvalue weighted by molar-refractivity contribution is -0.136. The van der Waals surface area contributed by atoms with Gasteiger partial charge in [-0.1, -0.05) is 13.8 Å². The Bertz CT molecular complexity index is 612. The van der Waals surface area contributed by atoms with Crippen LogP contribution >= 0.6 is 0 Å². The molecule has 0 aromatic carbocycles. The second-order valence-corrected chi connectivity index (χ2v) is 8.05. The van der Waals surface area contributed by atoms with E-state index in [1.54, 1.807) is 0 Å². The predicted molar refractivity (Wildman–Crippen MR) is 99.9 cm³/mol. The minimum Gasteiger partial charge on any atom is -0.350 e. The van der Waals surface area contributed by atoms with Crippen molar-refractivity contribution in [1.82, 2.24) is 14.7 Å². The van der Waals surface area contributed by atoms with Crippen molar-refractivity contribution in [2.75, 3.05) is 26.3 Å². The maximum Gasteiger partial charge on any atom is 0.222 e. The number of aromatic nitrogens is 2. The molecule has 0 radical (unpaired) electrons. The van der Waals surface area contributed by atoms with E-state index in [2.05, 4.69) is 37.5 Å². The number of aryl methyl sites for hydroxylation is 1. The van der Waals surface area contributed by atoms with Crippen LogP contribution in [0.15, 0.2) is 0 Å². The maximum atomic E-state index is 12.6. The van der Waals surface area contributed by atoms with Crippen LogP contribution in [-0.2, 0) is 27.2 Å². The van der Waals surface area contributed by atoms with Crippen molar-refractivity contribution >= 4 is 5.91 Å². The Labute approximate surface area is 156 Å². The van der Waals surface area contributed by atoms with E-state index in [0.29, 0.717) is 31.5 Å². The van der Waals surface area contributed by atoms with Crippen molar-refractivity contribution in [3.05, 3.63) is 17.0 Å². The summed E-state index contributed by atoms with van der Waals surface area (Å²) in [6.07, 6.45) is 3.24. The quantitative estimate of drug-likeness (QED) is 0.780. The van der Waals surface area contributed by atoms with E-state index in [1.165, 1.54) is 11.3 Å². The predicted octanol–water partition coefficient (Wildman–Crippen LogP) is 2.70. The number of amides is 1. The van der Waals surface area contributed by atoms with Gasteiger partial charge in [-0.25, -0.2) is 0 Å². The molecule has 0 bridgehead atoms. The number of ether oxygens (including phenoxy) is 2. The van der Waals surface area contributed by atoms with Crippen molar-refractivity contribution in [3.8, 4) is 0 Å². The Morgan fingerprint density at radius 1 is 1.19 bits per heavy atom. The van der Waals surface area contributed by atoms with Gasteiger partial charge in [0.2, 0.25) is 5.91 Å². The molecule has 2 fully saturated rings. The van der Waals surface area contributed by atoms with E-state index in [9.17, 15) is 4.79 Å². The molecule has 1 aromatic heterocycles. The summed E-state index contributed by atoms with van der Waals surface area (Å²) in [7, 11) is 0. The summed E-state index contributed by atoms with van der Waals surface area (Å²) in [5, 5.41) is 4.66. The van der Waals surface area contributed by atoms with Gasteiger partial charge >= 0.3 is 0 Å². The van der Waals surface area contributed by atoms with Crippen molar-refractivity contribution in [2.45, 2.75) is 66.2 Å². The van der Waals surface area contributed by atoms with E-state index in [0.717, 1.165) is 44.6 Å². The first-order valence-electron chi connectivity index (χ1n) is 9.99. The summed E-state index contributed by atoms with van der Waals surface area (Å²) in [5.74, 6) is 1.25. The first kappa shape index (κ1) is 19.4. The smallest absolute Gasteiger partial charge is 0.222 e. The average Bonchev–Trinajstić information content (AvgIpc) is 3.23. The SMILES string of the molecule is Cc1nn(CC(C)C)c(C)c1CCC(=O)N1CCC(C2OCCO2)CC1. The minimum atomic E-state index is -0.0515. The fraction of sp³-hybridized carbons (Fsp3) is 0.800. The van der Waals surface area contributed by atoms with Crippen LogP contribution < -0.4 is 0 Å². The van der Waals surface area contributed by atoms with Gasteiger partial charge in [0, 0.05) is 37.7 Å². The number of carbonyl (C=O) groups excluding carboxylic acids is 1. The third kappa shape index (κ3) is 4.46. The molecular weight excluding hydrogens is 330 g/mol. The van der Waals surface area contributed by atoms with E-state index in [-0.39, 0.29) is 12.2 Å². The van der Waals surface area contributed by atoms with Gasteiger partial charge in [0.05, 0.1) is 18.9 Å². The highest BCUT2D eigenvalue weighted by molar-refractivity contribution is 5.76. The summed E-state index contributed by atoms with van der Waals surface area (Å²) in [5.41, 5.74) is 3.50. The van der Waals surface area contributed by atoms with Gasteiger partial charge in [0.1, 0.15) is 0 Å². The van der Waals surface area contributed by atoms with Gasteiger partial charge in [-0.05, 0) is 44.6 Å². The van der Waals surface area contributed by atoms with Gasteiger partial charge < -0.3 is 14.4 Å². The summed E-state index contributed by atoms with van der Waals surface area (Å²) < 4.78 is 13.3. The average molecular weight is 364 g/mol. The summed E-state index contributed by atoms with van der Waals surface area (Å²) in [6.45, 7) is 12.5. The number of rotatable bonds is 6. The van der Waals surface area contributed by atoms with Gasteiger partial charge in [0.25, 0.3) is 0 Å². The standard InChI is InChI=1S/C20H33N3O3/c1-14(2)13-23-16(4)18(15(3)21-23)5-6-19(24)22-9-7-17(8-10-22)20-25-11-12-26-20/h14,17,20H,5-13H2,1-4H3. The highest BCUT2D eigenvalue weighted by atomic mass is 16.7. The van der Waals surface area contributed by atoms with Crippen molar-refractivity contribution in [2.24, 2.45) is 11.8 Å². The topological polar surface area (TPSA) is 56.6 Å². The molecule has 0 spiro atoms. The largest absolute Gasteiger partial charge is 0.350 e. The number of nitrogens with zero attached hydrogens (tertiary/aromatic N) is 3. The van der Waals surface area contributed by atoms with E-state index in [1.807, 2.05) is 4.90 Å². The van der Waals surface area contributed by atoms with Crippen LogP contribution in [0.4, 0.5) is 0 Å². The van der Waals surface area contributed by atoms with Crippen molar-refractivity contribution in [3.63, 3.8) is 0 Å².